The Labute approximate surface area is 169 Å². The highest BCUT2D eigenvalue weighted by molar-refractivity contribution is 5.92. The molecule has 0 saturated carbocycles. The van der Waals surface area contributed by atoms with E-state index < -0.39 is 0 Å². The number of nitrogens with one attached hydrogen (secondary N) is 1. The van der Waals surface area contributed by atoms with Gasteiger partial charge in [0.2, 0.25) is 5.95 Å². The minimum atomic E-state index is -0.114. The molecule has 0 spiro atoms. The molecule has 1 amide bonds. The molecule has 0 radical (unpaired) electrons. The lowest BCUT2D eigenvalue weighted by Crippen LogP contribution is -2.49. The smallest absolute Gasteiger partial charge is 0.272 e. The van der Waals surface area contributed by atoms with Crippen molar-refractivity contribution in [3.8, 4) is 6.07 Å². The van der Waals surface area contributed by atoms with Crippen LogP contribution in [0.25, 0.3) is 0 Å². The van der Waals surface area contributed by atoms with Crippen molar-refractivity contribution in [1.29, 1.82) is 5.26 Å². The molecule has 7 heteroatoms. The maximum Gasteiger partial charge on any atom is 0.272 e. The van der Waals surface area contributed by atoms with Crippen LogP contribution in [0.5, 0.6) is 0 Å². The Bertz CT molecular complexity index is 1040. The number of benzene rings is 2. The van der Waals surface area contributed by atoms with Crippen LogP contribution in [0, 0.1) is 11.3 Å². The maximum atomic E-state index is 12.9. The first kappa shape index (κ1) is 18.4. The molecular weight excluding hydrogens is 364 g/mol. The minimum Gasteiger partial charge on any atom is -0.368 e. The summed E-state index contributed by atoms with van der Waals surface area (Å²) in [6, 6.07) is 21.1. The Morgan fingerprint density at radius 2 is 1.69 bits per heavy atom. The van der Waals surface area contributed by atoms with Crippen LogP contribution in [0.2, 0.25) is 0 Å². The molecule has 3 aromatic rings. The lowest BCUT2D eigenvalue weighted by Gasteiger charge is -2.36. The Morgan fingerprint density at radius 3 is 2.45 bits per heavy atom. The van der Waals surface area contributed by atoms with Crippen molar-refractivity contribution in [3.05, 3.63) is 78.1 Å². The van der Waals surface area contributed by atoms with E-state index >= 15 is 0 Å². The molecule has 1 aromatic heterocycles. The average Bonchev–Trinajstić information content (AvgIpc) is 2.80. The number of para-hydroxylation sites is 2. The molecule has 144 valence electrons. The maximum absolute atomic E-state index is 12.9. The zero-order valence-electron chi connectivity index (χ0n) is 15.8. The molecule has 2 heterocycles. The number of amides is 1. The van der Waals surface area contributed by atoms with Crippen LogP contribution in [0.3, 0.4) is 0 Å². The molecule has 1 N–H and O–H groups in total. The lowest BCUT2D eigenvalue weighted by molar-refractivity contribution is 0.0741. The standard InChI is InChI=1S/C22H20N6O/c23-16-17-6-4-5-9-19(17)25-22-24-11-10-20(26-22)21(29)28-14-12-27(13-15-28)18-7-2-1-3-8-18/h1-11H,12-15H2,(H,24,25,26). The Hall–Kier alpha value is -3.92. The van der Waals surface area contributed by atoms with Crippen LogP contribution in [0.15, 0.2) is 66.9 Å². The molecule has 0 atom stereocenters. The number of carbonyl (C=O) groups excluding carboxylic acids is 1. The number of anilines is 3. The molecule has 0 unspecified atom stereocenters. The van der Waals surface area contributed by atoms with E-state index in [1.807, 2.05) is 29.2 Å². The number of aromatic nitrogens is 2. The second-order valence-corrected chi connectivity index (χ2v) is 6.66. The highest BCUT2D eigenvalue weighted by Gasteiger charge is 2.23. The van der Waals surface area contributed by atoms with Crippen LogP contribution in [0.1, 0.15) is 16.1 Å². The summed E-state index contributed by atoms with van der Waals surface area (Å²) in [5, 5.41) is 12.2. The van der Waals surface area contributed by atoms with Gasteiger partial charge in [-0.15, -0.1) is 0 Å². The number of carbonyl (C=O) groups is 1. The quantitative estimate of drug-likeness (QED) is 0.744. The number of nitrogens with zero attached hydrogens (tertiary/aromatic N) is 5. The van der Waals surface area contributed by atoms with E-state index in [4.69, 9.17) is 0 Å². The average molecular weight is 384 g/mol. The van der Waals surface area contributed by atoms with Gasteiger partial charge in [-0.1, -0.05) is 30.3 Å². The molecular formula is C22H20N6O. The van der Waals surface area contributed by atoms with Gasteiger partial charge in [0, 0.05) is 38.1 Å². The molecule has 2 aromatic carbocycles. The number of rotatable bonds is 4. The molecule has 0 aliphatic carbocycles. The zero-order chi connectivity index (χ0) is 20.1. The summed E-state index contributed by atoms with van der Waals surface area (Å²) >= 11 is 0. The van der Waals surface area contributed by atoms with Crippen LogP contribution < -0.4 is 10.2 Å². The van der Waals surface area contributed by atoms with E-state index in [0.717, 1.165) is 13.1 Å². The van der Waals surface area contributed by atoms with Crippen molar-refractivity contribution in [1.82, 2.24) is 14.9 Å². The summed E-state index contributed by atoms with van der Waals surface area (Å²) < 4.78 is 0. The normalized spacial score (nSPS) is 13.6. The summed E-state index contributed by atoms with van der Waals surface area (Å²) in [6.45, 7) is 2.83. The van der Waals surface area contributed by atoms with Gasteiger partial charge in [0.1, 0.15) is 11.8 Å². The fourth-order valence-corrected chi connectivity index (χ4v) is 3.32. The summed E-state index contributed by atoms with van der Waals surface area (Å²) in [6.07, 6.45) is 1.55. The largest absolute Gasteiger partial charge is 0.368 e. The summed E-state index contributed by atoms with van der Waals surface area (Å²) in [5.41, 5.74) is 2.61. The second-order valence-electron chi connectivity index (χ2n) is 6.66. The predicted octanol–water partition coefficient (Wildman–Crippen LogP) is 3.05. The third-order valence-corrected chi connectivity index (χ3v) is 4.86. The van der Waals surface area contributed by atoms with E-state index in [9.17, 15) is 10.1 Å². The van der Waals surface area contributed by atoms with Gasteiger partial charge >= 0.3 is 0 Å². The topological polar surface area (TPSA) is 85.1 Å². The van der Waals surface area contributed by atoms with Gasteiger partial charge in [-0.25, -0.2) is 9.97 Å². The van der Waals surface area contributed by atoms with Gasteiger partial charge in [0.05, 0.1) is 11.3 Å². The van der Waals surface area contributed by atoms with Gasteiger partial charge in [0.15, 0.2) is 0 Å². The molecule has 0 bridgehead atoms. The fourth-order valence-electron chi connectivity index (χ4n) is 3.32. The predicted molar refractivity (Wildman–Crippen MR) is 111 cm³/mol. The van der Waals surface area contributed by atoms with E-state index in [-0.39, 0.29) is 5.91 Å². The third-order valence-electron chi connectivity index (χ3n) is 4.86. The van der Waals surface area contributed by atoms with E-state index in [2.05, 4.69) is 38.4 Å². The first-order valence-corrected chi connectivity index (χ1v) is 9.43. The van der Waals surface area contributed by atoms with Crippen LogP contribution in [0.4, 0.5) is 17.3 Å². The number of nitriles is 1. The van der Waals surface area contributed by atoms with Crippen molar-refractivity contribution in [2.24, 2.45) is 0 Å². The number of hydrogen-bond acceptors (Lipinski definition) is 6. The summed E-state index contributed by atoms with van der Waals surface area (Å²) in [4.78, 5) is 25.5. The number of piperazine rings is 1. The summed E-state index contributed by atoms with van der Waals surface area (Å²) in [7, 11) is 0. The monoisotopic (exact) mass is 384 g/mol. The SMILES string of the molecule is N#Cc1ccccc1Nc1nccc(C(=O)N2CCN(c3ccccc3)CC2)n1. The lowest BCUT2D eigenvalue weighted by atomic mass is 10.2. The Balaban J connectivity index is 1.43. The van der Waals surface area contributed by atoms with Crippen LogP contribution >= 0.6 is 0 Å². The van der Waals surface area contributed by atoms with E-state index in [1.54, 1.807) is 30.5 Å². The molecule has 1 fully saturated rings. The molecule has 4 rings (SSSR count). The van der Waals surface area contributed by atoms with E-state index in [0.29, 0.717) is 36.0 Å². The Morgan fingerprint density at radius 1 is 0.966 bits per heavy atom. The Kier molecular flexibility index (Phi) is 5.34. The van der Waals surface area contributed by atoms with Gasteiger partial charge in [-0.05, 0) is 30.3 Å². The van der Waals surface area contributed by atoms with Gasteiger partial charge in [-0.2, -0.15) is 5.26 Å². The van der Waals surface area contributed by atoms with Gasteiger partial charge < -0.3 is 15.1 Å². The second kappa shape index (κ2) is 8.40. The zero-order valence-corrected chi connectivity index (χ0v) is 15.8. The van der Waals surface area contributed by atoms with Crippen molar-refractivity contribution in [2.45, 2.75) is 0 Å². The molecule has 7 nitrogen and oxygen atoms in total. The first-order chi connectivity index (χ1) is 14.2. The van der Waals surface area contributed by atoms with Gasteiger partial charge in [-0.3, -0.25) is 4.79 Å². The van der Waals surface area contributed by atoms with Crippen molar-refractivity contribution < 1.29 is 4.79 Å². The van der Waals surface area contributed by atoms with Gasteiger partial charge in [0.25, 0.3) is 5.91 Å². The molecule has 1 aliphatic rings. The van der Waals surface area contributed by atoms with Crippen LogP contribution in [-0.4, -0.2) is 47.0 Å². The first-order valence-electron chi connectivity index (χ1n) is 9.43. The molecule has 29 heavy (non-hydrogen) atoms. The highest BCUT2D eigenvalue weighted by atomic mass is 16.2. The third kappa shape index (κ3) is 4.17. The molecule has 1 aliphatic heterocycles. The van der Waals surface area contributed by atoms with Crippen LogP contribution in [-0.2, 0) is 0 Å². The minimum absolute atomic E-state index is 0.114. The van der Waals surface area contributed by atoms with E-state index in [1.165, 1.54) is 5.69 Å². The molecule has 1 saturated heterocycles. The van der Waals surface area contributed by atoms with Crippen molar-refractivity contribution in [2.75, 3.05) is 36.4 Å². The van der Waals surface area contributed by atoms with Crippen molar-refractivity contribution in [3.63, 3.8) is 0 Å². The highest BCUT2D eigenvalue weighted by Crippen LogP contribution is 2.19. The fraction of sp³-hybridized carbons (Fsp3) is 0.182. The summed E-state index contributed by atoms with van der Waals surface area (Å²) in [5.74, 6) is 0.179. The number of hydrogen-bond donors (Lipinski definition) is 1. The van der Waals surface area contributed by atoms with Crippen molar-refractivity contribution >= 4 is 23.2 Å².